The SMILES string of the molecule is CC(NC(=O)c1ccc2c(c1)NCC2)c1cccc(Cl)c1. The van der Waals surface area contributed by atoms with Crippen molar-refractivity contribution in [3.63, 3.8) is 0 Å². The molecule has 0 fully saturated rings. The standard InChI is InChI=1S/C17H17ClN2O/c1-11(13-3-2-4-15(18)9-13)20-17(21)14-6-5-12-7-8-19-16(12)10-14/h2-6,9-11,19H,7-8H2,1H3,(H,20,21). The number of carbonyl (C=O) groups excluding carboxylic acids is 1. The molecule has 108 valence electrons. The molecule has 0 bridgehead atoms. The van der Waals surface area contributed by atoms with E-state index in [0.717, 1.165) is 24.2 Å². The molecule has 4 heteroatoms. The average molecular weight is 301 g/mol. The van der Waals surface area contributed by atoms with E-state index in [4.69, 9.17) is 11.6 Å². The first kappa shape index (κ1) is 14.0. The highest BCUT2D eigenvalue weighted by molar-refractivity contribution is 6.30. The van der Waals surface area contributed by atoms with Crippen molar-refractivity contribution in [1.29, 1.82) is 0 Å². The molecule has 21 heavy (non-hydrogen) atoms. The van der Waals surface area contributed by atoms with Gasteiger partial charge in [-0.25, -0.2) is 0 Å². The highest BCUT2D eigenvalue weighted by Gasteiger charge is 2.15. The summed E-state index contributed by atoms with van der Waals surface area (Å²) in [5.41, 5.74) is 4.01. The molecule has 1 heterocycles. The number of amides is 1. The van der Waals surface area contributed by atoms with E-state index in [2.05, 4.69) is 10.6 Å². The summed E-state index contributed by atoms with van der Waals surface area (Å²) in [4.78, 5) is 12.3. The minimum Gasteiger partial charge on any atom is -0.384 e. The van der Waals surface area contributed by atoms with Gasteiger partial charge >= 0.3 is 0 Å². The Kier molecular flexibility index (Phi) is 3.84. The summed E-state index contributed by atoms with van der Waals surface area (Å²) in [6.07, 6.45) is 1.02. The molecule has 2 N–H and O–H groups in total. The van der Waals surface area contributed by atoms with Crippen molar-refractivity contribution < 1.29 is 4.79 Å². The van der Waals surface area contributed by atoms with Crippen molar-refractivity contribution in [3.8, 4) is 0 Å². The van der Waals surface area contributed by atoms with Gasteiger partial charge in [0.05, 0.1) is 6.04 Å². The molecule has 2 aromatic carbocycles. The summed E-state index contributed by atoms with van der Waals surface area (Å²) in [5, 5.41) is 6.97. The zero-order valence-corrected chi connectivity index (χ0v) is 12.6. The van der Waals surface area contributed by atoms with Crippen LogP contribution >= 0.6 is 11.6 Å². The minimum absolute atomic E-state index is 0.0704. The lowest BCUT2D eigenvalue weighted by Gasteiger charge is -2.15. The van der Waals surface area contributed by atoms with Crippen molar-refractivity contribution in [2.45, 2.75) is 19.4 Å². The Balaban J connectivity index is 1.74. The fourth-order valence-corrected chi connectivity index (χ4v) is 2.77. The Morgan fingerprint density at radius 1 is 1.29 bits per heavy atom. The van der Waals surface area contributed by atoms with Crippen LogP contribution in [0.5, 0.6) is 0 Å². The maximum atomic E-state index is 12.3. The topological polar surface area (TPSA) is 41.1 Å². The number of anilines is 1. The van der Waals surface area contributed by atoms with Crippen LogP contribution < -0.4 is 10.6 Å². The molecule has 1 amide bonds. The number of fused-ring (bicyclic) bond motifs is 1. The second kappa shape index (κ2) is 5.78. The van der Waals surface area contributed by atoms with Gasteiger partial charge in [-0.15, -0.1) is 0 Å². The van der Waals surface area contributed by atoms with Gasteiger partial charge in [0, 0.05) is 22.8 Å². The molecule has 0 saturated carbocycles. The third kappa shape index (κ3) is 3.03. The van der Waals surface area contributed by atoms with Gasteiger partial charge < -0.3 is 10.6 Å². The number of benzene rings is 2. The minimum atomic E-state index is -0.0857. The van der Waals surface area contributed by atoms with Crippen LogP contribution in [0.3, 0.4) is 0 Å². The first-order valence-electron chi connectivity index (χ1n) is 7.06. The van der Waals surface area contributed by atoms with E-state index in [0.29, 0.717) is 10.6 Å². The number of hydrogen-bond acceptors (Lipinski definition) is 2. The van der Waals surface area contributed by atoms with Crippen LogP contribution in [0.1, 0.15) is 34.5 Å². The molecule has 3 rings (SSSR count). The normalized spacial score (nSPS) is 14.2. The molecule has 2 aromatic rings. The predicted molar refractivity (Wildman–Crippen MR) is 86.0 cm³/mol. The Bertz CT molecular complexity index is 684. The van der Waals surface area contributed by atoms with Crippen molar-refractivity contribution in [2.24, 2.45) is 0 Å². The summed E-state index contributed by atoms with van der Waals surface area (Å²) in [5.74, 6) is -0.0704. The van der Waals surface area contributed by atoms with Gasteiger partial charge in [-0.05, 0) is 48.7 Å². The second-order valence-electron chi connectivity index (χ2n) is 5.30. The van der Waals surface area contributed by atoms with Crippen LogP contribution in [0.25, 0.3) is 0 Å². The molecule has 1 aliphatic rings. The van der Waals surface area contributed by atoms with Gasteiger partial charge in [0.2, 0.25) is 0 Å². The smallest absolute Gasteiger partial charge is 0.251 e. The number of carbonyl (C=O) groups is 1. The quantitative estimate of drug-likeness (QED) is 0.905. The maximum Gasteiger partial charge on any atom is 0.251 e. The number of hydrogen-bond donors (Lipinski definition) is 2. The van der Waals surface area contributed by atoms with Gasteiger partial charge in [0.25, 0.3) is 5.91 Å². The molecular formula is C17H17ClN2O. The Morgan fingerprint density at radius 2 is 2.14 bits per heavy atom. The van der Waals surface area contributed by atoms with E-state index in [1.54, 1.807) is 0 Å². The number of nitrogens with one attached hydrogen (secondary N) is 2. The molecule has 0 saturated heterocycles. The van der Waals surface area contributed by atoms with E-state index in [1.165, 1.54) is 5.56 Å². The largest absolute Gasteiger partial charge is 0.384 e. The summed E-state index contributed by atoms with van der Waals surface area (Å²) in [6.45, 7) is 2.90. The monoisotopic (exact) mass is 300 g/mol. The summed E-state index contributed by atoms with van der Waals surface area (Å²) in [7, 11) is 0. The lowest BCUT2D eigenvalue weighted by molar-refractivity contribution is 0.0940. The predicted octanol–water partition coefficient (Wildman–Crippen LogP) is 3.80. The van der Waals surface area contributed by atoms with Crippen molar-refractivity contribution >= 4 is 23.2 Å². The fraction of sp³-hybridized carbons (Fsp3) is 0.235. The van der Waals surface area contributed by atoms with E-state index in [1.807, 2.05) is 49.4 Å². The molecule has 1 aliphatic heterocycles. The zero-order chi connectivity index (χ0) is 14.8. The van der Waals surface area contributed by atoms with Gasteiger partial charge in [0.15, 0.2) is 0 Å². The lowest BCUT2D eigenvalue weighted by Crippen LogP contribution is -2.26. The molecule has 0 aliphatic carbocycles. The van der Waals surface area contributed by atoms with Crippen LogP contribution in [0.2, 0.25) is 5.02 Å². The molecule has 1 atom stereocenters. The zero-order valence-electron chi connectivity index (χ0n) is 11.8. The van der Waals surface area contributed by atoms with Crippen LogP contribution in [-0.4, -0.2) is 12.5 Å². The Morgan fingerprint density at radius 3 is 2.95 bits per heavy atom. The summed E-state index contributed by atoms with van der Waals surface area (Å²) < 4.78 is 0. The number of rotatable bonds is 3. The van der Waals surface area contributed by atoms with Crippen LogP contribution in [-0.2, 0) is 6.42 Å². The Labute approximate surface area is 129 Å². The highest BCUT2D eigenvalue weighted by Crippen LogP contribution is 2.24. The number of halogens is 1. The summed E-state index contributed by atoms with van der Waals surface area (Å²) >= 11 is 5.99. The van der Waals surface area contributed by atoms with E-state index >= 15 is 0 Å². The van der Waals surface area contributed by atoms with E-state index in [9.17, 15) is 4.79 Å². The van der Waals surface area contributed by atoms with Gasteiger partial charge in [0.1, 0.15) is 0 Å². The van der Waals surface area contributed by atoms with Crippen molar-refractivity contribution in [1.82, 2.24) is 5.32 Å². The molecule has 0 aromatic heterocycles. The summed E-state index contributed by atoms with van der Waals surface area (Å²) in [6, 6.07) is 13.3. The van der Waals surface area contributed by atoms with Crippen molar-refractivity contribution in [3.05, 3.63) is 64.2 Å². The molecule has 3 nitrogen and oxygen atoms in total. The highest BCUT2D eigenvalue weighted by atomic mass is 35.5. The fourth-order valence-electron chi connectivity index (χ4n) is 2.57. The van der Waals surface area contributed by atoms with Crippen LogP contribution in [0, 0.1) is 0 Å². The van der Waals surface area contributed by atoms with E-state index < -0.39 is 0 Å². The van der Waals surface area contributed by atoms with Gasteiger partial charge in [-0.3, -0.25) is 4.79 Å². The molecule has 1 unspecified atom stereocenters. The van der Waals surface area contributed by atoms with Crippen molar-refractivity contribution in [2.75, 3.05) is 11.9 Å². The average Bonchev–Trinajstić information content (AvgIpc) is 2.94. The lowest BCUT2D eigenvalue weighted by atomic mass is 10.1. The maximum absolute atomic E-state index is 12.3. The molecule has 0 spiro atoms. The Hall–Kier alpha value is -2.00. The third-order valence-corrected chi connectivity index (χ3v) is 4.01. The molecule has 0 radical (unpaired) electrons. The van der Waals surface area contributed by atoms with Crippen LogP contribution in [0.4, 0.5) is 5.69 Å². The second-order valence-corrected chi connectivity index (χ2v) is 5.74. The first-order chi connectivity index (χ1) is 10.1. The van der Waals surface area contributed by atoms with Crippen LogP contribution in [0.15, 0.2) is 42.5 Å². The van der Waals surface area contributed by atoms with E-state index in [-0.39, 0.29) is 11.9 Å². The first-order valence-corrected chi connectivity index (χ1v) is 7.44. The molecular weight excluding hydrogens is 284 g/mol. The van der Waals surface area contributed by atoms with Gasteiger partial charge in [-0.1, -0.05) is 29.8 Å². The third-order valence-electron chi connectivity index (χ3n) is 3.78. The van der Waals surface area contributed by atoms with Gasteiger partial charge in [-0.2, -0.15) is 0 Å².